The SMILES string of the molecule is COc1cc(C)c(C)cc1[C@@H](N)CN. The molecule has 1 atom stereocenters. The summed E-state index contributed by atoms with van der Waals surface area (Å²) in [5.41, 5.74) is 14.8. The van der Waals surface area contributed by atoms with Crippen LogP contribution in [0.1, 0.15) is 22.7 Å². The largest absolute Gasteiger partial charge is 0.496 e. The molecule has 0 aliphatic heterocycles. The number of methoxy groups -OCH3 is 1. The Kier molecular flexibility index (Phi) is 3.49. The predicted octanol–water partition coefficient (Wildman–Crippen LogP) is 1.27. The lowest BCUT2D eigenvalue weighted by Gasteiger charge is -2.16. The van der Waals surface area contributed by atoms with Gasteiger partial charge in [0, 0.05) is 18.2 Å². The van der Waals surface area contributed by atoms with Gasteiger partial charge in [0.2, 0.25) is 0 Å². The van der Waals surface area contributed by atoms with Gasteiger partial charge in [-0.05, 0) is 31.0 Å². The molecule has 14 heavy (non-hydrogen) atoms. The van der Waals surface area contributed by atoms with Crippen LogP contribution in [-0.2, 0) is 0 Å². The van der Waals surface area contributed by atoms with E-state index >= 15 is 0 Å². The van der Waals surface area contributed by atoms with Crippen LogP contribution in [0.2, 0.25) is 0 Å². The van der Waals surface area contributed by atoms with Gasteiger partial charge in [0.15, 0.2) is 0 Å². The fourth-order valence-corrected chi connectivity index (χ4v) is 1.41. The lowest BCUT2D eigenvalue weighted by Crippen LogP contribution is -2.21. The van der Waals surface area contributed by atoms with E-state index in [1.54, 1.807) is 7.11 Å². The first-order chi connectivity index (χ1) is 6.60. The molecule has 0 aliphatic rings. The zero-order valence-electron chi connectivity index (χ0n) is 9.00. The summed E-state index contributed by atoms with van der Waals surface area (Å²) < 4.78 is 5.27. The van der Waals surface area contributed by atoms with Gasteiger partial charge in [-0.25, -0.2) is 0 Å². The van der Waals surface area contributed by atoms with Crippen molar-refractivity contribution in [2.75, 3.05) is 13.7 Å². The standard InChI is InChI=1S/C11H18N2O/c1-7-4-9(10(13)6-12)11(14-3)5-8(7)2/h4-5,10H,6,12-13H2,1-3H3/t10-/m0/s1. The maximum Gasteiger partial charge on any atom is 0.123 e. The third-order valence-electron chi connectivity index (χ3n) is 2.50. The molecule has 78 valence electrons. The van der Waals surface area contributed by atoms with Crippen LogP contribution in [0.5, 0.6) is 5.75 Å². The molecule has 0 radical (unpaired) electrons. The van der Waals surface area contributed by atoms with E-state index in [1.165, 1.54) is 11.1 Å². The van der Waals surface area contributed by atoms with Gasteiger partial charge in [0.1, 0.15) is 5.75 Å². The second-order valence-corrected chi connectivity index (χ2v) is 3.52. The van der Waals surface area contributed by atoms with E-state index in [9.17, 15) is 0 Å². The third kappa shape index (κ3) is 2.05. The highest BCUT2D eigenvalue weighted by Gasteiger charge is 2.11. The monoisotopic (exact) mass is 194 g/mol. The van der Waals surface area contributed by atoms with Crippen LogP contribution in [0.15, 0.2) is 12.1 Å². The first kappa shape index (κ1) is 11.0. The van der Waals surface area contributed by atoms with Crippen LogP contribution in [0.4, 0.5) is 0 Å². The molecule has 0 saturated carbocycles. The van der Waals surface area contributed by atoms with Crippen molar-refractivity contribution in [2.24, 2.45) is 11.5 Å². The molecule has 3 heteroatoms. The van der Waals surface area contributed by atoms with Crippen LogP contribution in [0.3, 0.4) is 0 Å². The lowest BCUT2D eigenvalue weighted by atomic mass is 10.0. The molecule has 1 rings (SSSR count). The number of nitrogens with two attached hydrogens (primary N) is 2. The first-order valence-corrected chi connectivity index (χ1v) is 4.71. The van der Waals surface area contributed by atoms with E-state index in [0.717, 1.165) is 11.3 Å². The summed E-state index contributed by atoms with van der Waals surface area (Å²) in [5.74, 6) is 0.825. The molecular weight excluding hydrogens is 176 g/mol. The average Bonchev–Trinajstić information content (AvgIpc) is 2.20. The molecule has 0 saturated heterocycles. The van der Waals surface area contributed by atoms with Crippen molar-refractivity contribution in [1.29, 1.82) is 0 Å². The number of hydrogen-bond acceptors (Lipinski definition) is 3. The van der Waals surface area contributed by atoms with Gasteiger partial charge >= 0.3 is 0 Å². The second-order valence-electron chi connectivity index (χ2n) is 3.52. The summed E-state index contributed by atoms with van der Waals surface area (Å²) in [6.07, 6.45) is 0. The summed E-state index contributed by atoms with van der Waals surface area (Å²) in [5, 5.41) is 0. The van der Waals surface area contributed by atoms with E-state index < -0.39 is 0 Å². The van der Waals surface area contributed by atoms with Crippen molar-refractivity contribution in [3.63, 3.8) is 0 Å². The molecule has 0 aromatic heterocycles. The van der Waals surface area contributed by atoms with Crippen molar-refractivity contribution in [3.8, 4) is 5.75 Å². The number of benzene rings is 1. The number of aryl methyl sites for hydroxylation is 2. The van der Waals surface area contributed by atoms with E-state index in [1.807, 2.05) is 12.1 Å². The molecule has 0 bridgehead atoms. The summed E-state index contributed by atoms with van der Waals surface area (Å²) >= 11 is 0. The molecule has 0 fully saturated rings. The molecule has 0 aliphatic carbocycles. The van der Waals surface area contributed by atoms with E-state index in [4.69, 9.17) is 16.2 Å². The zero-order chi connectivity index (χ0) is 10.7. The van der Waals surface area contributed by atoms with Crippen LogP contribution in [0, 0.1) is 13.8 Å². The molecule has 1 aromatic rings. The fraction of sp³-hybridized carbons (Fsp3) is 0.455. The number of rotatable bonds is 3. The van der Waals surface area contributed by atoms with Crippen molar-refractivity contribution < 1.29 is 4.74 Å². The molecule has 0 heterocycles. The van der Waals surface area contributed by atoms with Crippen LogP contribution >= 0.6 is 0 Å². The third-order valence-corrected chi connectivity index (χ3v) is 2.50. The highest BCUT2D eigenvalue weighted by Crippen LogP contribution is 2.26. The van der Waals surface area contributed by atoms with Crippen molar-refractivity contribution in [3.05, 3.63) is 28.8 Å². The summed E-state index contributed by atoms with van der Waals surface area (Å²) in [4.78, 5) is 0. The normalized spacial score (nSPS) is 12.6. The van der Waals surface area contributed by atoms with Crippen LogP contribution < -0.4 is 16.2 Å². The highest BCUT2D eigenvalue weighted by atomic mass is 16.5. The van der Waals surface area contributed by atoms with E-state index in [0.29, 0.717) is 6.54 Å². The van der Waals surface area contributed by atoms with Gasteiger partial charge < -0.3 is 16.2 Å². The van der Waals surface area contributed by atoms with Gasteiger partial charge in [-0.15, -0.1) is 0 Å². The molecule has 0 amide bonds. The van der Waals surface area contributed by atoms with Gasteiger partial charge in [-0.2, -0.15) is 0 Å². The number of hydrogen-bond donors (Lipinski definition) is 2. The maximum atomic E-state index is 5.88. The molecule has 3 nitrogen and oxygen atoms in total. The Morgan fingerprint density at radius 1 is 1.29 bits per heavy atom. The van der Waals surface area contributed by atoms with Crippen molar-refractivity contribution >= 4 is 0 Å². The molecular formula is C11H18N2O. The maximum absolute atomic E-state index is 5.88. The molecule has 0 spiro atoms. The quantitative estimate of drug-likeness (QED) is 0.761. The first-order valence-electron chi connectivity index (χ1n) is 4.71. The van der Waals surface area contributed by atoms with E-state index in [-0.39, 0.29) is 6.04 Å². The molecule has 0 unspecified atom stereocenters. The van der Waals surface area contributed by atoms with Crippen molar-refractivity contribution in [2.45, 2.75) is 19.9 Å². The summed E-state index contributed by atoms with van der Waals surface area (Å²) in [6, 6.07) is 3.90. The van der Waals surface area contributed by atoms with Gasteiger partial charge in [0.05, 0.1) is 7.11 Å². The minimum atomic E-state index is -0.149. The Morgan fingerprint density at radius 3 is 2.36 bits per heavy atom. The second kappa shape index (κ2) is 4.44. The Morgan fingerprint density at radius 2 is 1.86 bits per heavy atom. The summed E-state index contributed by atoms with van der Waals surface area (Å²) in [6.45, 7) is 4.54. The Labute approximate surface area is 85.0 Å². The Balaban J connectivity index is 3.19. The molecule has 4 N–H and O–H groups in total. The predicted molar refractivity (Wildman–Crippen MR) is 58.5 cm³/mol. The Bertz CT molecular complexity index is 323. The average molecular weight is 194 g/mol. The van der Waals surface area contributed by atoms with Crippen LogP contribution in [-0.4, -0.2) is 13.7 Å². The van der Waals surface area contributed by atoms with Crippen LogP contribution in [0.25, 0.3) is 0 Å². The summed E-state index contributed by atoms with van der Waals surface area (Å²) in [7, 11) is 1.65. The highest BCUT2D eigenvalue weighted by molar-refractivity contribution is 5.43. The zero-order valence-corrected chi connectivity index (χ0v) is 9.00. The smallest absolute Gasteiger partial charge is 0.123 e. The topological polar surface area (TPSA) is 61.3 Å². The van der Waals surface area contributed by atoms with Gasteiger partial charge in [-0.1, -0.05) is 6.07 Å². The van der Waals surface area contributed by atoms with Gasteiger partial charge in [0.25, 0.3) is 0 Å². The molecule has 1 aromatic carbocycles. The Hall–Kier alpha value is -1.06. The minimum Gasteiger partial charge on any atom is -0.496 e. The van der Waals surface area contributed by atoms with Gasteiger partial charge in [-0.3, -0.25) is 0 Å². The number of ether oxygens (including phenoxy) is 1. The minimum absolute atomic E-state index is 0.149. The van der Waals surface area contributed by atoms with Crippen molar-refractivity contribution in [1.82, 2.24) is 0 Å². The fourth-order valence-electron chi connectivity index (χ4n) is 1.41. The lowest BCUT2D eigenvalue weighted by molar-refractivity contribution is 0.405. The van der Waals surface area contributed by atoms with E-state index in [2.05, 4.69) is 13.8 Å².